The van der Waals surface area contributed by atoms with Crippen LogP contribution in [0.15, 0.2) is 17.3 Å². The second-order valence-corrected chi connectivity index (χ2v) is 6.49. The number of sulfonamides is 1. The molecule has 116 valence electrons. The summed E-state index contributed by atoms with van der Waals surface area (Å²) in [5, 5.41) is 3.64. The van der Waals surface area contributed by atoms with E-state index < -0.39 is 23.0 Å². The van der Waals surface area contributed by atoms with Crippen molar-refractivity contribution < 1.29 is 17.2 Å². The predicted octanol–water partition coefficient (Wildman–Crippen LogP) is 0.682. The van der Waals surface area contributed by atoms with Crippen molar-refractivity contribution in [3.05, 3.63) is 12.4 Å². The summed E-state index contributed by atoms with van der Waals surface area (Å²) in [6.07, 6.45) is 1.14. The van der Waals surface area contributed by atoms with Gasteiger partial charge in [0.15, 0.2) is 0 Å². The third-order valence-electron chi connectivity index (χ3n) is 2.99. The van der Waals surface area contributed by atoms with Gasteiger partial charge in [-0.25, -0.2) is 17.2 Å². The van der Waals surface area contributed by atoms with Crippen LogP contribution in [0.5, 0.6) is 0 Å². The summed E-state index contributed by atoms with van der Waals surface area (Å²) >= 11 is 0. The van der Waals surface area contributed by atoms with E-state index in [1.165, 1.54) is 4.31 Å². The first kappa shape index (κ1) is 17.3. The molecule has 0 spiro atoms. The van der Waals surface area contributed by atoms with Crippen LogP contribution in [-0.2, 0) is 16.6 Å². The summed E-state index contributed by atoms with van der Waals surface area (Å²) in [5.74, 6) is 0. The normalized spacial score (nSPS) is 20.9. The Morgan fingerprint density at radius 2 is 2.20 bits per heavy atom. The van der Waals surface area contributed by atoms with Gasteiger partial charge in [0.1, 0.15) is 11.4 Å². The molecule has 1 aliphatic heterocycles. The monoisotopic (exact) mass is 330 g/mol. The molecule has 1 atom stereocenters. The second kappa shape index (κ2) is 6.79. The van der Waals surface area contributed by atoms with Crippen LogP contribution in [0.3, 0.4) is 0 Å². The van der Waals surface area contributed by atoms with E-state index in [-0.39, 0.29) is 29.9 Å². The van der Waals surface area contributed by atoms with E-state index in [0.717, 1.165) is 23.5 Å². The second-order valence-electron chi connectivity index (χ2n) is 4.55. The predicted molar refractivity (Wildman–Crippen MR) is 71.4 cm³/mol. The Morgan fingerprint density at radius 3 is 2.80 bits per heavy atom. The van der Waals surface area contributed by atoms with Crippen molar-refractivity contribution in [2.45, 2.75) is 36.7 Å². The molecular weight excluding hydrogens is 314 g/mol. The lowest BCUT2D eigenvalue weighted by Gasteiger charge is -2.29. The molecule has 0 bridgehead atoms. The third kappa shape index (κ3) is 3.87. The van der Waals surface area contributed by atoms with Gasteiger partial charge < -0.3 is 5.73 Å². The van der Waals surface area contributed by atoms with Crippen LogP contribution in [0, 0.1) is 0 Å². The first-order chi connectivity index (χ1) is 8.89. The first-order valence-electron chi connectivity index (χ1n) is 5.96. The van der Waals surface area contributed by atoms with E-state index in [9.17, 15) is 17.2 Å². The molecule has 6 nitrogen and oxygen atoms in total. The summed E-state index contributed by atoms with van der Waals surface area (Å²) in [5.41, 5.74) is 5.74. The SMILES string of the molecule is Cl.NC1CCCN(S(=O)(=O)c2cnn(CC(F)F)c2)C1. The summed E-state index contributed by atoms with van der Waals surface area (Å²) in [4.78, 5) is -0.0674. The Bertz CT molecular complexity index is 537. The quantitative estimate of drug-likeness (QED) is 0.880. The van der Waals surface area contributed by atoms with Crippen LogP contribution in [0.4, 0.5) is 8.78 Å². The topological polar surface area (TPSA) is 81.2 Å². The smallest absolute Gasteiger partial charge is 0.257 e. The maximum atomic E-state index is 12.3. The number of nitrogens with zero attached hydrogens (tertiary/aromatic N) is 3. The molecule has 1 saturated heterocycles. The number of halogens is 3. The van der Waals surface area contributed by atoms with Gasteiger partial charge in [0, 0.05) is 25.3 Å². The molecule has 2 rings (SSSR count). The van der Waals surface area contributed by atoms with Crippen molar-refractivity contribution in [3.63, 3.8) is 0 Å². The van der Waals surface area contributed by atoms with Crippen molar-refractivity contribution in [2.24, 2.45) is 5.73 Å². The number of rotatable bonds is 4. The van der Waals surface area contributed by atoms with Crippen LogP contribution in [0.1, 0.15) is 12.8 Å². The Labute approximate surface area is 122 Å². The van der Waals surface area contributed by atoms with Crippen molar-refractivity contribution in [1.82, 2.24) is 14.1 Å². The molecule has 2 heterocycles. The average molecular weight is 331 g/mol. The highest BCUT2D eigenvalue weighted by atomic mass is 35.5. The minimum absolute atomic E-state index is 0. The van der Waals surface area contributed by atoms with Gasteiger partial charge in [-0.05, 0) is 12.8 Å². The molecule has 1 aliphatic rings. The Kier molecular flexibility index (Phi) is 5.87. The highest BCUT2D eigenvalue weighted by Crippen LogP contribution is 2.19. The van der Waals surface area contributed by atoms with Crippen LogP contribution in [0.2, 0.25) is 0 Å². The molecule has 1 aromatic heterocycles. The van der Waals surface area contributed by atoms with Crippen LogP contribution < -0.4 is 5.73 Å². The molecule has 0 radical (unpaired) electrons. The maximum absolute atomic E-state index is 12.3. The van der Waals surface area contributed by atoms with Crippen LogP contribution in [0.25, 0.3) is 0 Å². The number of hydrogen-bond acceptors (Lipinski definition) is 4. The van der Waals surface area contributed by atoms with Gasteiger partial charge >= 0.3 is 0 Å². The number of piperidine rings is 1. The fourth-order valence-corrected chi connectivity index (χ4v) is 3.55. The van der Waals surface area contributed by atoms with E-state index >= 15 is 0 Å². The average Bonchev–Trinajstić information content (AvgIpc) is 2.77. The summed E-state index contributed by atoms with van der Waals surface area (Å²) in [7, 11) is -3.68. The van der Waals surface area contributed by atoms with E-state index in [4.69, 9.17) is 5.73 Å². The minimum Gasteiger partial charge on any atom is -0.327 e. The largest absolute Gasteiger partial charge is 0.327 e. The zero-order chi connectivity index (χ0) is 14.0. The summed E-state index contributed by atoms with van der Waals surface area (Å²) in [6, 6.07) is -0.181. The first-order valence-corrected chi connectivity index (χ1v) is 7.40. The lowest BCUT2D eigenvalue weighted by Crippen LogP contribution is -2.45. The number of nitrogens with two attached hydrogens (primary N) is 1. The van der Waals surface area contributed by atoms with E-state index in [2.05, 4.69) is 5.10 Å². The number of hydrogen-bond donors (Lipinski definition) is 1. The highest BCUT2D eigenvalue weighted by Gasteiger charge is 2.30. The molecule has 0 aromatic carbocycles. The van der Waals surface area contributed by atoms with Gasteiger partial charge in [0.05, 0.1) is 6.20 Å². The van der Waals surface area contributed by atoms with Gasteiger partial charge in [0.2, 0.25) is 10.0 Å². The summed E-state index contributed by atoms with van der Waals surface area (Å²) < 4.78 is 51.1. The molecule has 20 heavy (non-hydrogen) atoms. The van der Waals surface area contributed by atoms with Gasteiger partial charge in [0.25, 0.3) is 6.43 Å². The van der Waals surface area contributed by atoms with Crippen molar-refractivity contribution >= 4 is 22.4 Å². The maximum Gasteiger partial charge on any atom is 0.257 e. The molecule has 1 aromatic rings. The molecule has 0 saturated carbocycles. The summed E-state index contributed by atoms with van der Waals surface area (Å²) in [6.45, 7) is 0.0352. The molecular formula is C10H17ClF2N4O2S. The van der Waals surface area contributed by atoms with Gasteiger partial charge in [-0.2, -0.15) is 9.40 Å². The van der Waals surface area contributed by atoms with E-state index in [0.29, 0.717) is 13.0 Å². The van der Waals surface area contributed by atoms with Crippen molar-refractivity contribution in [2.75, 3.05) is 13.1 Å². The van der Waals surface area contributed by atoms with Gasteiger partial charge in [-0.1, -0.05) is 0 Å². The Hall–Kier alpha value is -0.770. The fourth-order valence-electron chi connectivity index (χ4n) is 2.06. The standard InChI is InChI=1S/C10H16F2N4O2S.ClH/c11-10(12)7-15-6-9(4-14-15)19(17,18)16-3-1-2-8(13)5-16;/h4,6,8,10H,1-3,5,7,13H2;1H. The minimum atomic E-state index is -3.68. The highest BCUT2D eigenvalue weighted by molar-refractivity contribution is 7.89. The van der Waals surface area contributed by atoms with Crippen molar-refractivity contribution in [1.29, 1.82) is 0 Å². The lowest BCUT2D eigenvalue weighted by atomic mass is 10.1. The number of alkyl halides is 2. The molecule has 0 amide bonds. The molecule has 1 fully saturated rings. The van der Waals surface area contributed by atoms with Crippen LogP contribution in [-0.4, -0.2) is 48.1 Å². The lowest BCUT2D eigenvalue weighted by molar-refractivity contribution is 0.121. The molecule has 0 aliphatic carbocycles. The van der Waals surface area contributed by atoms with Crippen molar-refractivity contribution in [3.8, 4) is 0 Å². The molecule has 10 heteroatoms. The van der Waals surface area contributed by atoms with E-state index in [1.54, 1.807) is 0 Å². The molecule has 2 N–H and O–H groups in total. The van der Waals surface area contributed by atoms with E-state index in [1.807, 2.05) is 0 Å². The molecule has 1 unspecified atom stereocenters. The zero-order valence-electron chi connectivity index (χ0n) is 10.7. The van der Waals surface area contributed by atoms with Gasteiger partial charge in [-0.3, -0.25) is 4.68 Å². The van der Waals surface area contributed by atoms with Crippen LogP contribution >= 0.6 is 12.4 Å². The Morgan fingerprint density at radius 1 is 1.50 bits per heavy atom. The zero-order valence-corrected chi connectivity index (χ0v) is 12.3. The van der Waals surface area contributed by atoms with Gasteiger partial charge in [-0.15, -0.1) is 12.4 Å². The fraction of sp³-hybridized carbons (Fsp3) is 0.700. The number of aromatic nitrogens is 2. The Balaban J connectivity index is 0.00000200. The third-order valence-corrected chi connectivity index (χ3v) is 4.81.